The topological polar surface area (TPSA) is 57.6 Å². The van der Waals surface area contributed by atoms with E-state index in [4.69, 9.17) is 11.6 Å². The zero-order chi connectivity index (χ0) is 17.6. The van der Waals surface area contributed by atoms with Crippen molar-refractivity contribution in [2.75, 3.05) is 4.90 Å². The third-order valence-electron chi connectivity index (χ3n) is 4.53. The Morgan fingerprint density at radius 3 is 2.44 bits per heavy atom. The Morgan fingerprint density at radius 2 is 1.68 bits per heavy atom. The van der Waals surface area contributed by atoms with Gasteiger partial charge in [-0.15, -0.1) is 0 Å². The zero-order valence-electron chi connectivity index (χ0n) is 13.1. The van der Waals surface area contributed by atoms with Crippen LogP contribution < -0.4 is 4.90 Å². The smallest absolute Gasteiger partial charge is 0.241 e. The summed E-state index contributed by atoms with van der Waals surface area (Å²) < 4.78 is 0. The van der Waals surface area contributed by atoms with Gasteiger partial charge in [-0.1, -0.05) is 41.9 Å². The first kappa shape index (κ1) is 15.7. The molecule has 4 rings (SSSR count). The Morgan fingerprint density at radius 1 is 0.960 bits per heavy atom. The van der Waals surface area contributed by atoms with Crippen molar-refractivity contribution in [1.82, 2.24) is 0 Å². The molecule has 2 amide bonds. The van der Waals surface area contributed by atoms with E-state index >= 15 is 0 Å². The minimum atomic E-state index is -0.700. The molecule has 0 aliphatic carbocycles. The number of amides is 2. The fourth-order valence-electron chi connectivity index (χ4n) is 3.37. The van der Waals surface area contributed by atoms with Crippen molar-refractivity contribution in [3.8, 4) is 5.75 Å². The third-order valence-corrected chi connectivity index (χ3v) is 4.78. The number of nitrogens with zero attached hydrogens (tertiary/aromatic N) is 1. The molecule has 1 unspecified atom stereocenters. The molecule has 0 aromatic heterocycles. The molecular weight excluding hydrogens is 338 g/mol. The van der Waals surface area contributed by atoms with Gasteiger partial charge in [0.15, 0.2) is 0 Å². The second-order valence-electron chi connectivity index (χ2n) is 6.02. The molecule has 4 nitrogen and oxygen atoms in total. The monoisotopic (exact) mass is 351 g/mol. The van der Waals surface area contributed by atoms with Crippen molar-refractivity contribution in [3.05, 3.63) is 71.2 Å². The van der Waals surface area contributed by atoms with Crippen molar-refractivity contribution in [3.63, 3.8) is 0 Å². The van der Waals surface area contributed by atoms with E-state index in [1.165, 1.54) is 4.90 Å². The molecule has 3 aromatic carbocycles. The number of hydrogen-bond acceptors (Lipinski definition) is 3. The largest absolute Gasteiger partial charge is 0.508 e. The Labute approximate surface area is 149 Å². The van der Waals surface area contributed by atoms with Gasteiger partial charge in [-0.3, -0.25) is 14.5 Å². The van der Waals surface area contributed by atoms with Crippen LogP contribution in [0.15, 0.2) is 60.7 Å². The van der Waals surface area contributed by atoms with Crippen LogP contribution in [0.3, 0.4) is 0 Å². The summed E-state index contributed by atoms with van der Waals surface area (Å²) in [7, 11) is 0. The number of benzene rings is 3. The van der Waals surface area contributed by atoms with Gasteiger partial charge in [0, 0.05) is 17.0 Å². The molecular formula is C20H14ClNO3. The highest BCUT2D eigenvalue weighted by Gasteiger charge is 2.42. The van der Waals surface area contributed by atoms with Gasteiger partial charge in [-0.25, -0.2) is 0 Å². The highest BCUT2D eigenvalue weighted by atomic mass is 35.5. The number of phenols is 1. The van der Waals surface area contributed by atoms with Crippen molar-refractivity contribution in [2.24, 2.45) is 0 Å². The molecule has 25 heavy (non-hydrogen) atoms. The van der Waals surface area contributed by atoms with E-state index in [-0.39, 0.29) is 24.0 Å². The number of carbonyl (C=O) groups excluding carboxylic acids is 2. The van der Waals surface area contributed by atoms with Crippen LogP contribution in [0, 0.1) is 0 Å². The number of imide groups is 1. The molecule has 3 aromatic rings. The quantitative estimate of drug-likeness (QED) is 0.702. The summed E-state index contributed by atoms with van der Waals surface area (Å²) >= 11 is 5.88. The third kappa shape index (κ3) is 2.55. The van der Waals surface area contributed by atoms with Crippen molar-refractivity contribution in [2.45, 2.75) is 12.3 Å². The maximum atomic E-state index is 13.0. The van der Waals surface area contributed by atoms with Crippen molar-refractivity contribution in [1.29, 1.82) is 0 Å². The molecule has 1 fully saturated rings. The molecule has 0 spiro atoms. The molecule has 5 heteroatoms. The fraction of sp³-hybridized carbons (Fsp3) is 0.100. The summed E-state index contributed by atoms with van der Waals surface area (Å²) in [5.41, 5.74) is 0.995. The van der Waals surface area contributed by atoms with Crippen LogP contribution in [0.2, 0.25) is 5.02 Å². The van der Waals surface area contributed by atoms with Gasteiger partial charge >= 0.3 is 0 Å². The van der Waals surface area contributed by atoms with Crippen LogP contribution >= 0.6 is 11.6 Å². The molecule has 0 radical (unpaired) electrons. The number of aromatic hydroxyl groups is 1. The second kappa shape index (κ2) is 5.90. The van der Waals surface area contributed by atoms with Gasteiger partial charge in [0.1, 0.15) is 5.75 Å². The van der Waals surface area contributed by atoms with E-state index in [9.17, 15) is 14.7 Å². The summed E-state index contributed by atoms with van der Waals surface area (Å²) in [4.78, 5) is 26.6. The Bertz CT molecular complexity index is 997. The summed E-state index contributed by atoms with van der Waals surface area (Å²) in [5, 5.41) is 12.6. The Balaban J connectivity index is 1.81. The predicted molar refractivity (Wildman–Crippen MR) is 96.9 cm³/mol. The highest BCUT2D eigenvalue weighted by Crippen LogP contribution is 2.40. The van der Waals surface area contributed by atoms with Gasteiger partial charge in [-0.2, -0.15) is 0 Å². The van der Waals surface area contributed by atoms with Gasteiger partial charge in [0.2, 0.25) is 11.8 Å². The minimum Gasteiger partial charge on any atom is -0.508 e. The fourth-order valence-corrected chi connectivity index (χ4v) is 3.50. The lowest BCUT2D eigenvalue weighted by Gasteiger charge is -2.17. The van der Waals surface area contributed by atoms with Gasteiger partial charge in [-0.05, 0) is 41.1 Å². The van der Waals surface area contributed by atoms with Gasteiger partial charge in [0.25, 0.3) is 0 Å². The highest BCUT2D eigenvalue weighted by molar-refractivity contribution is 6.31. The number of halogens is 1. The van der Waals surface area contributed by atoms with E-state index in [0.717, 1.165) is 10.8 Å². The van der Waals surface area contributed by atoms with E-state index in [1.54, 1.807) is 36.4 Å². The maximum absolute atomic E-state index is 13.0. The summed E-state index contributed by atoms with van der Waals surface area (Å²) in [6, 6.07) is 17.4. The molecule has 124 valence electrons. The molecule has 1 atom stereocenters. The van der Waals surface area contributed by atoms with Crippen molar-refractivity contribution < 1.29 is 14.7 Å². The van der Waals surface area contributed by atoms with E-state index in [2.05, 4.69) is 0 Å². The molecule has 1 heterocycles. The van der Waals surface area contributed by atoms with Crippen LogP contribution in [-0.4, -0.2) is 16.9 Å². The van der Waals surface area contributed by atoms with Crippen molar-refractivity contribution >= 4 is 39.9 Å². The molecule has 1 saturated heterocycles. The van der Waals surface area contributed by atoms with Gasteiger partial charge in [0.05, 0.1) is 11.6 Å². The lowest BCUT2D eigenvalue weighted by atomic mass is 9.91. The maximum Gasteiger partial charge on any atom is 0.241 e. The Kier molecular flexibility index (Phi) is 3.70. The number of hydrogen-bond donors (Lipinski definition) is 1. The molecule has 1 N–H and O–H groups in total. The molecule has 1 aliphatic rings. The van der Waals surface area contributed by atoms with Crippen LogP contribution in [-0.2, 0) is 9.59 Å². The van der Waals surface area contributed by atoms with Crippen LogP contribution in [0.25, 0.3) is 10.8 Å². The van der Waals surface area contributed by atoms with E-state index in [1.807, 2.05) is 24.3 Å². The summed E-state index contributed by atoms with van der Waals surface area (Å²) in [5.74, 6) is -1.29. The van der Waals surface area contributed by atoms with E-state index < -0.39 is 5.92 Å². The number of rotatable bonds is 2. The Hall–Kier alpha value is -2.85. The van der Waals surface area contributed by atoms with Gasteiger partial charge < -0.3 is 5.11 Å². The molecule has 0 bridgehead atoms. The summed E-state index contributed by atoms with van der Waals surface area (Å²) in [6.07, 6.45) is 0.0308. The first-order valence-corrected chi connectivity index (χ1v) is 8.27. The number of anilines is 1. The van der Waals surface area contributed by atoms with Crippen LogP contribution in [0.1, 0.15) is 17.9 Å². The average molecular weight is 352 g/mol. The number of carbonyl (C=O) groups is 2. The average Bonchev–Trinajstić information content (AvgIpc) is 2.90. The predicted octanol–water partition coefficient (Wildman–Crippen LogP) is 4.25. The molecule has 0 saturated carbocycles. The summed E-state index contributed by atoms with van der Waals surface area (Å²) in [6.45, 7) is 0. The second-order valence-corrected chi connectivity index (χ2v) is 6.46. The first-order valence-electron chi connectivity index (χ1n) is 7.89. The zero-order valence-corrected chi connectivity index (χ0v) is 13.9. The molecule has 1 aliphatic heterocycles. The lowest BCUT2D eigenvalue weighted by molar-refractivity contribution is -0.121. The number of phenolic OH excluding ortho intramolecular Hbond substituents is 1. The first-order chi connectivity index (χ1) is 12.1. The lowest BCUT2D eigenvalue weighted by Crippen LogP contribution is -2.30. The van der Waals surface area contributed by atoms with Crippen LogP contribution in [0.5, 0.6) is 5.75 Å². The number of fused-ring (bicyclic) bond motifs is 1. The normalized spacial score (nSPS) is 17.5. The van der Waals surface area contributed by atoms with Crippen LogP contribution in [0.4, 0.5) is 5.69 Å². The minimum absolute atomic E-state index is 0.0304. The van der Waals surface area contributed by atoms with E-state index in [0.29, 0.717) is 16.3 Å². The SMILES string of the molecule is O=C1CC(c2c(O)ccc3ccccc23)C(=O)N1c1ccc(Cl)cc1. The standard InChI is InChI=1S/C20H14ClNO3/c21-13-6-8-14(9-7-13)22-18(24)11-16(20(22)25)19-15-4-2-1-3-12(15)5-10-17(19)23/h1-10,16,23H,11H2.